The molecular weight excluding hydrogens is 246 g/mol. The first-order valence-electron chi connectivity index (χ1n) is 7.33. The highest BCUT2D eigenvalue weighted by molar-refractivity contribution is 5.31. The van der Waals surface area contributed by atoms with Gasteiger partial charge in [-0.2, -0.15) is 0 Å². The van der Waals surface area contributed by atoms with Crippen LogP contribution in [0, 0.1) is 0 Å². The van der Waals surface area contributed by atoms with Gasteiger partial charge in [0.2, 0.25) is 0 Å². The van der Waals surface area contributed by atoms with Gasteiger partial charge in [0.05, 0.1) is 19.3 Å². The maximum absolute atomic E-state index is 5.67. The molecule has 0 amide bonds. The van der Waals surface area contributed by atoms with Crippen LogP contribution < -0.4 is 5.32 Å². The fourth-order valence-electron chi connectivity index (χ4n) is 2.68. The van der Waals surface area contributed by atoms with Crippen molar-refractivity contribution < 1.29 is 4.74 Å². The van der Waals surface area contributed by atoms with Gasteiger partial charge in [-0.1, -0.05) is 55.5 Å². The maximum atomic E-state index is 5.67. The molecule has 0 aromatic heterocycles. The van der Waals surface area contributed by atoms with Gasteiger partial charge in [0.25, 0.3) is 0 Å². The minimum Gasteiger partial charge on any atom is -0.375 e. The molecule has 0 bridgehead atoms. The first kappa shape index (κ1) is 13.3. The van der Waals surface area contributed by atoms with E-state index < -0.39 is 0 Å². The molecule has 1 heterocycles. The largest absolute Gasteiger partial charge is 0.375 e. The van der Waals surface area contributed by atoms with Gasteiger partial charge in [-0.05, 0) is 28.7 Å². The Labute approximate surface area is 120 Å². The van der Waals surface area contributed by atoms with Gasteiger partial charge in [0.15, 0.2) is 0 Å². The van der Waals surface area contributed by atoms with E-state index in [1.54, 1.807) is 0 Å². The Morgan fingerprint density at radius 3 is 2.60 bits per heavy atom. The zero-order valence-corrected chi connectivity index (χ0v) is 11.9. The minimum atomic E-state index is 0.297. The predicted molar refractivity (Wildman–Crippen MR) is 81.5 cm³/mol. The van der Waals surface area contributed by atoms with Crippen molar-refractivity contribution in [3.05, 3.63) is 70.8 Å². The molecule has 20 heavy (non-hydrogen) atoms. The van der Waals surface area contributed by atoms with Crippen LogP contribution in [0.3, 0.4) is 0 Å². The fraction of sp³-hybridized carbons (Fsp3) is 0.333. The third-order valence-corrected chi connectivity index (χ3v) is 3.96. The van der Waals surface area contributed by atoms with Gasteiger partial charge in [-0.3, -0.25) is 0 Å². The lowest BCUT2D eigenvalue weighted by molar-refractivity contribution is 0.0817. The van der Waals surface area contributed by atoms with Gasteiger partial charge in [-0.25, -0.2) is 0 Å². The highest BCUT2D eigenvalue weighted by atomic mass is 16.5. The number of rotatable bonds is 4. The van der Waals surface area contributed by atoms with Crippen molar-refractivity contribution in [2.75, 3.05) is 6.61 Å². The summed E-state index contributed by atoms with van der Waals surface area (Å²) >= 11 is 0. The zero-order chi connectivity index (χ0) is 13.8. The van der Waals surface area contributed by atoms with Crippen LogP contribution in [-0.4, -0.2) is 6.61 Å². The Morgan fingerprint density at radius 1 is 1.05 bits per heavy atom. The predicted octanol–water partition coefficient (Wildman–Crippen LogP) is 3.61. The van der Waals surface area contributed by atoms with Crippen molar-refractivity contribution in [2.24, 2.45) is 0 Å². The molecule has 0 aliphatic carbocycles. The van der Waals surface area contributed by atoms with E-state index in [4.69, 9.17) is 4.74 Å². The Kier molecular flexibility index (Phi) is 4.14. The number of aryl methyl sites for hydroxylation is 1. The van der Waals surface area contributed by atoms with Crippen LogP contribution in [0.25, 0.3) is 0 Å². The van der Waals surface area contributed by atoms with Crippen LogP contribution in [0.4, 0.5) is 0 Å². The molecule has 3 rings (SSSR count). The van der Waals surface area contributed by atoms with E-state index in [0.717, 1.165) is 26.2 Å². The van der Waals surface area contributed by atoms with E-state index in [9.17, 15) is 0 Å². The van der Waals surface area contributed by atoms with E-state index in [2.05, 4.69) is 60.8 Å². The quantitative estimate of drug-likeness (QED) is 0.913. The van der Waals surface area contributed by atoms with Crippen molar-refractivity contribution in [3.63, 3.8) is 0 Å². The zero-order valence-electron chi connectivity index (χ0n) is 11.9. The smallest absolute Gasteiger partial charge is 0.0721 e. The summed E-state index contributed by atoms with van der Waals surface area (Å²) in [6.07, 6.45) is 1.09. The second-order valence-electron chi connectivity index (χ2n) is 5.32. The summed E-state index contributed by atoms with van der Waals surface area (Å²) in [6.45, 7) is 4.56. The third-order valence-electron chi connectivity index (χ3n) is 3.96. The highest BCUT2D eigenvalue weighted by Crippen LogP contribution is 2.24. The SMILES string of the molecule is CCc1ccc(CNC2COCc3ccccc32)cc1. The molecule has 0 spiro atoms. The molecule has 2 aromatic carbocycles. The summed E-state index contributed by atoms with van der Waals surface area (Å²) in [5, 5.41) is 3.61. The van der Waals surface area contributed by atoms with Crippen molar-refractivity contribution in [1.29, 1.82) is 0 Å². The number of nitrogens with one attached hydrogen (secondary N) is 1. The van der Waals surface area contributed by atoms with Crippen LogP contribution in [0.5, 0.6) is 0 Å². The Hall–Kier alpha value is -1.64. The molecule has 1 atom stereocenters. The molecule has 1 N–H and O–H groups in total. The second kappa shape index (κ2) is 6.21. The van der Waals surface area contributed by atoms with E-state index >= 15 is 0 Å². The van der Waals surface area contributed by atoms with E-state index in [-0.39, 0.29) is 0 Å². The van der Waals surface area contributed by atoms with Gasteiger partial charge < -0.3 is 10.1 Å². The molecule has 2 aromatic rings. The van der Waals surface area contributed by atoms with Crippen LogP contribution in [-0.2, 0) is 24.3 Å². The number of hydrogen-bond acceptors (Lipinski definition) is 2. The molecule has 0 saturated heterocycles. The summed E-state index contributed by atoms with van der Waals surface area (Å²) in [5.74, 6) is 0. The number of fused-ring (bicyclic) bond motifs is 1. The molecule has 0 saturated carbocycles. The molecule has 0 fully saturated rings. The average molecular weight is 267 g/mol. The van der Waals surface area contributed by atoms with Crippen LogP contribution >= 0.6 is 0 Å². The van der Waals surface area contributed by atoms with Crippen LogP contribution in [0.1, 0.15) is 35.2 Å². The third kappa shape index (κ3) is 2.92. The van der Waals surface area contributed by atoms with Gasteiger partial charge in [0, 0.05) is 6.54 Å². The summed E-state index contributed by atoms with van der Waals surface area (Å²) in [5.41, 5.74) is 5.40. The van der Waals surface area contributed by atoms with E-state index in [1.807, 2.05) is 0 Å². The molecule has 2 heteroatoms. The van der Waals surface area contributed by atoms with Gasteiger partial charge in [0.1, 0.15) is 0 Å². The molecule has 2 nitrogen and oxygen atoms in total. The van der Waals surface area contributed by atoms with Gasteiger partial charge >= 0.3 is 0 Å². The lowest BCUT2D eigenvalue weighted by Gasteiger charge is -2.26. The Morgan fingerprint density at radius 2 is 1.80 bits per heavy atom. The minimum absolute atomic E-state index is 0.297. The summed E-state index contributed by atoms with van der Waals surface area (Å²) < 4.78 is 5.67. The molecule has 104 valence electrons. The normalized spacial score (nSPS) is 17.8. The molecule has 1 aliphatic heterocycles. The average Bonchev–Trinajstić information content (AvgIpc) is 2.53. The molecule has 0 radical (unpaired) electrons. The number of ether oxygens (including phenoxy) is 1. The fourth-order valence-corrected chi connectivity index (χ4v) is 2.68. The summed E-state index contributed by atoms with van der Waals surface area (Å²) in [4.78, 5) is 0. The van der Waals surface area contributed by atoms with E-state index in [0.29, 0.717) is 6.04 Å². The summed E-state index contributed by atoms with van der Waals surface area (Å²) in [7, 11) is 0. The van der Waals surface area contributed by atoms with E-state index in [1.165, 1.54) is 22.3 Å². The van der Waals surface area contributed by atoms with Crippen LogP contribution in [0.15, 0.2) is 48.5 Å². The van der Waals surface area contributed by atoms with Gasteiger partial charge in [-0.15, -0.1) is 0 Å². The topological polar surface area (TPSA) is 21.3 Å². The standard InChI is InChI=1S/C18H21NO/c1-2-14-7-9-15(10-8-14)11-19-18-13-20-12-16-5-3-4-6-17(16)18/h3-10,18-19H,2,11-13H2,1H3. The highest BCUT2D eigenvalue weighted by Gasteiger charge is 2.19. The monoisotopic (exact) mass is 267 g/mol. The molecular formula is C18H21NO. The van der Waals surface area contributed by atoms with Crippen molar-refractivity contribution in [1.82, 2.24) is 5.32 Å². The lowest BCUT2D eigenvalue weighted by atomic mass is 9.99. The maximum Gasteiger partial charge on any atom is 0.0721 e. The second-order valence-corrected chi connectivity index (χ2v) is 5.32. The summed E-state index contributed by atoms with van der Waals surface area (Å²) in [6, 6.07) is 17.7. The molecule has 1 aliphatic rings. The van der Waals surface area contributed by atoms with Crippen LogP contribution in [0.2, 0.25) is 0 Å². The molecule has 1 unspecified atom stereocenters. The number of hydrogen-bond donors (Lipinski definition) is 1. The Bertz CT molecular complexity index is 562. The first-order chi connectivity index (χ1) is 9.86. The lowest BCUT2D eigenvalue weighted by Crippen LogP contribution is -2.29. The first-order valence-corrected chi connectivity index (χ1v) is 7.33. The van der Waals surface area contributed by atoms with Crippen molar-refractivity contribution >= 4 is 0 Å². The van der Waals surface area contributed by atoms with Crippen molar-refractivity contribution in [3.8, 4) is 0 Å². The Balaban J connectivity index is 1.66. The number of benzene rings is 2. The van der Waals surface area contributed by atoms with Crippen molar-refractivity contribution in [2.45, 2.75) is 32.5 Å².